The maximum Gasteiger partial charge on any atom is 0.250 e. The number of allylic oxidation sites excluding steroid dienone is 4. The first-order valence-electron chi connectivity index (χ1n) is 11.8. The lowest BCUT2D eigenvalue weighted by molar-refractivity contribution is -0.128. The monoisotopic (exact) mass is 547 g/mol. The Morgan fingerprint density at radius 2 is 2.06 bits per heavy atom. The van der Waals surface area contributed by atoms with E-state index in [0.717, 1.165) is 38.6 Å². The van der Waals surface area contributed by atoms with Crippen LogP contribution in [0.25, 0.3) is 22.3 Å². The molecule has 1 N–H and O–H groups in total. The number of hydrogen-bond donors (Lipinski definition) is 1. The standard InChI is InChI=1S/C27H23BrFN5O2/c28-19-4-8-21(9-5-19)34-14-22(26(32-34)18-2-6-20(29)7-3-18)27-33(25(35)15-36-27)12-11-17-1-10-23-24(13-17)31-16-30-23/h1-8,10,13-14,16,21,27H,9,11-12,15H2,(H,30,31). The number of fused-ring (bicyclic) bond motifs is 1. The van der Waals surface area contributed by atoms with Gasteiger partial charge >= 0.3 is 0 Å². The maximum absolute atomic E-state index is 13.7. The topological polar surface area (TPSA) is 76.0 Å². The number of aromatic amines is 1. The van der Waals surface area contributed by atoms with Gasteiger partial charge in [-0.3, -0.25) is 9.48 Å². The van der Waals surface area contributed by atoms with Gasteiger partial charge in [0.25, 0.3) is 5.91 Å². The Morgan fingerprint density at radius 1 is 1.19 bits per heavy atom. The Balaban J connectivity index is 1.32. The maximum atomic E-state index is 13.7. The molecule has 36 heavy (non-hydrogen) atoms. The van der Waals surface area contributed by atoms with Gasteiger partial charge in [0.15, 0.2) is 6.23 Å². The second-order valence-corrected chi connectivity index (χ2v) is 9.84. The first-order valence-corrected chi connectivity index (χ1v) is 12.6. The molecule has 3 heterocycles. The van der Waals surface area contributed by atoms with Crippen molar-refractivity contribution in [2.24, 2.45) is 0 Å². The summed E-state index contributed by atoms with van der Waals surface area (Å²) in [6, 6.07) is 12.3. The van der Waals surface area contributed by atoms with Crippen LogP contribution in [-0.2, 0) is 16.0 Å². The van der Waals surface area contributed by atoms with Gasteiger partial charge in [-0.2, -0.15) is 5.10 Å². The van der Waals surface area contributed by atoms with E-state index in [1.807, 2.05) is 29.1 Å². The summed E-state index contributed by atoms with van der Waals surface area (Å²) in [5, 5.41) is 4.88. The van der Waals surface area contributed by atoms with E-state index >= 15 is 0 Å². The van der Waals surface area contributed by atoms with Crippen molar-refractivity contribution in [1.82, 2.24) is 24.6 Å². The molecule has 1 fully saturated rings. The SMILES string of the molecule is O=C1COC(c2cn(C3C=CC(Br)=CC3)nc2-c2ccc(F)cc2)N1CCc1ccc2nc[nH]c2c1. The number of carbonyl (C=O) groups is 1. The van der Waals surface area contributed by atoms with E-state index in [-0.39, 0.29) is 24.4 Å². The molecule has 182 valence electrons. The van der Waals surface area contributed by atoms with Crippen LogP contribution in [0.3, 0.4) is 0 Å². The molecule has 9 heteroatoms. The summed E-state index contributed by atoms with van der Waals surface area (Å²) in [7, 11) is 0. The predicted octanol–water partition coefficient (Wildman–Crippen LogP) is 5.45. The molecular formula is C27H23BrFN5O2. The van der Waals surface area contributed by atoms with Crippen molar-refractivity contribution in [1.29, 1.82) is 0 Å². The lowest BCUT2D eigenvalue weighted by atomic mass is 10.1. The summed E-state index contributed by atoms with van der Waals surface area (Å²) in [5.41, 5.74) is 5.22. The number of nitrogens with zero attached hydrogens (tertiary/aromatic N) is 4. The van der Waals surface area contributed by atoms with Gasteiger partial charge in [0, 0.05) is 28.4 Å². The zero-order valence-corrected chi connectivity index (χ0v) is 20.9. The van der Waals surface area contributed by atoms with Crippen LogP contribution in [0.15, 0.2) is 77.7 Å². The fraction of sp³-hybridized carbons (Fsp3) is 0.222. The Labute approximate surface area is 215 Å². The minimum atomic E-state index is -0.572. The van der Waals surface area contributed by atoms with E-state index in [1.54, 1.807) is 23.4 Å². The first kappa shape index (κ1) is 22.9. The number of aromatic nitrogens is 4. The van der Waals surface area contributed by atoms with Gasteiger partial charge in [-0.05, 0) is 54.8 Å². The highest BCUT2D eigenvalue weighted by atomic mass is 79.9. The molecule has 2 atom stereocenters. The zero-order valence-electron chi connectivity index (χ0n) is 19.3. The fourth-order valence-electron chi connectivity index (χ4n) is 4.71. The second kappa shape index (κ2) is 9.48. The number of H-pyrrole nitrogens is 1. The minimum absolute atomic E-state index is 0.0112. The third-order valence-electron chi connectivity index (χ3n) is 6.61. The number of amides is 1. The van der Waals surface area contributed by atoms with Gasteiger partial charge in [0.1, 0.15) is 18.1 Å². The van der Waals surface area contributed by atoms with E-state index in [2.05, 4.69) is 44.1 Å². The number of benzene rings is 2. The third-order valence-corrected chi connectivity index (χ3v) is 7.20. The fourth-order valence-corrected chi connectivity index (χ4v) is 5.05. The summed E-state index contributed by atoms with van der Waals surface area (Å²) < 4.78 is 22.6. The van der Waals surface area contributed by atoms with Crippen molar-refractivity contribution < 1.29 is 13.9 Å². The molecule has 6 rings (SSSR count). The van der Waals surface area contributed by atoms with Gasteiger partial charge < -0.3 is 14.6 Å². The van der Waals surface area contributed by atoms with Gasteiger partial charge in [-0.1, -0.05) is 40.2 Å². The molecule has 1 amide bonds. The number of halogens is 2. The predicted molar refractivity (Wildman–Crippen MR) is 138 cm³/mol. The molecule has 1 saturated heterocycles. The van der Waals surface area contributed by atoms with Crippen LogP contribution in [0.4, 0.5) is 4.39 Å². The highest BCUT2D eigenvalue weighted by Gasteiger charge is 2.36. The van der Waals surface area contributed by atoms with Gasteiger partial charge in [0.2, 0.25) is 0 Å². The van der Waals surface area contributed by atoms with Crippen molar-refractivity contribution in [3.05, 3.63) is 94.6 Å². The average Bonchev–Trinajstić information content (AvgIpc) is 3.62. The third kappa shape index (κ3) is 4.40. The molecule has 4 aromatic rings. The van der Waals surface area contributed by atoms with Gasteiger partial charge in [0.05, 0.1) is 23.4 Å². The Morgan fingerprint density at radius 3 is 2.86 bits per heavy atom. The molecular weight excluding hydrogens is 525 g/mol. The number of rotatable bonds is 6. The highest BCUT2D eigenvalue weighted by molar-refractivity contribution is 9.11. The summed E-state index contributed by atoms with van der Waals surface area (Å²) in [6.07, 6.45) is 10.7. The molecule has 0 bridgehead atoms. The normalized spacial score (nSPS) is 19.9. The molecule has 2 aromatic heterocycles. The molecule has 0 spiro atoms. The Hall–Kier alpha value is -3.56. The number of carbonyl (C=O) groups excluding carboxylic acids is 1. The quantitative estimate of drug-likeness (QED) is 0.348. The van der Waals surface area contributed by atoms with Crippen molar-refractivity contribution in [3.63, 3.8) is 0 Å². The first-order chi connectivity index (χ1) is 17.5. The van der Waals surface area contributed by atoms with Crippen LogP contribution in [0.5, 0.6) is 0 Å². The highest BCUT2D eigenvalue weighted by Crippen LogP contribution is 2.36. The van der Waals surface area contributed by atoms with E-state index < -0.39 is 6.23 Å². The largest absolute Gasteiger partial charge is 0.345 e. The molecule has 1 aliphatic heterocycles. The molecule has 0 radical (unpaired) electrons. The summed E-state index contributed by atoms with van der Waals surface area (Å²) >= 11 is 3.51. The van der Waals surface area contributed by atoms with Crippen LogP contribution in [0.2, 0.25) is 0 Å². The smallest absolute Gasteiger partial charge is 0.250 e. The van der Waals surface area contributed by atoms with E-state index in [0.29, 0.717) is 18.7 Å². The van der Waals surface area contributed by atoms with E-state index in [1.165, 1.54) is 12.1 Å². The molecule has 2 aromatic carbocycles. The van der Waals surface area contributed by atoms with Crippen LogP contribution in [0, 0.1) is 5.82 Å². The lowest BCUT2D eigenvalue weighted by Gasteiger charge is -2.23. The lowest BCUT2D eigenvalue weighted by Crippen LogP contribution is -2.30. The van der Waals surface area contributed by atoms with Gasteiger partial charge in [-0.15, -0.1) is 0 Å². The number of imidazole rings is 1. The van der Waals surface area contributed by atoms with Crippen molar-refractivity contribution in [3.8, 4) is 11.3 Å². The van der Waals surface area contributed by atoms with E-state index in [9.17, 15) is 9.18 Å². The Kier molecular flexibility index (Phi) is 6.02. The number of hydrogen-bond acceptors (Lipinski definition) is 4. The van der Waals surface area contributed by atoms with Crippen molar-refractivity contribution in [2.75, 3.05) is 13.2 Å². The van der Waals surface area contributed by atoms with Crippen LogP contribution in [0.1, 0.15) is 29.8 Å². The average molecular weight is 548 g/mol. The van der Waals surface area contributed by atoms with Crippen LogP contribution < -0.4 is 0 Å². The second-order valence-electron chi connectivity index (χ2n) is 8.93. The molecule has 0 saturated carbocycles. The van der Waals surface area contributed by atoms with Crippen molar-refractivity contribution in [2.45, 2.75) is 25.1 Å². The molecule has 2 aliphatic rings. The minimum Gasteiger partial charge on any atom is -0.345 e. The van der Waals surface area contributed by atoms with Crippen LogP contribution in [-0.4, -0.2) is 43.7 Å². The number of nitrogens with one attached hydrogen (secondary N) is 1. The summed E-state index contributed by atoms with van der Waals surface area (Å²) in [5.74, 6) is -0.377. The summed E-state index contributed by atoms with van der Waals surface area (Å²) in [6.45, 7) is 0.507. The Bertz CT molecular complexity index is 1490. The summed E-state index contributed by atoms with van der Waals surface area (Å²) in [4.78, 5) is 22.0. The van der Waals surface area contributed by atoms with Crippen molar-refractivity contribution >= 4 is 32.9 Å². The zero-order chi connectivity index (χ0) is 24.6. The van der Waals surface area contributed by atoms with Crippen LogP contribution >= 0.6 is 15.9 Å². The number of ether oxygens (including phenoxy) is 1. The molecule has 7 nitrogen and oxygen atoms in total. The van der Waals surface area contributed by atoms with Gasteiger partial charge in [-0.25, -0.2) is 9.37 Å². The molecule has 1 aliphatic carbocycles. The van der Waals surface area contributed by atoms with E-state index in [4.69, 9.17) is 9.84 Å². The molecule has 2 unspecified atom stereocenters.